The first kappa shape index (κ1) is 15.0. The van der Waals surface area contributed by atoms with Crippen LogP contribution in [0.5, 0.6) is 0 Å². The van der Waals surface area contributed by atoms with Gasteiger partial charge in [0.2, 0.25) is 11.0 Å². The molecule has 0 spiro atoms. The van der Waals surface area contributed by atoms with Crippen molar-refractivity contribution in [3.63, 3.8) is 0 Å². The van der Waals surface area contributed by atoms with Crippen molar-refractivity contribution in [2.75, 3.05) is 11.9 Å². The molecule has 0 radical (unpaired) electrons. The zero-order chi connectivity index (χ0) is 17.3. The van der Waals surface area contributed by atoms with Crippen LogP contribution in [-0.4, -0.2) is 11.5 Å². The van der Waals surface area contributed by atoms with Gasteiger partial charge in [-0.2, -0.15) is 0 Å². The average molecular weight is 338 g/mol. The number of H-pyrrole nitrogens is 2. The van der Waals surface area contributed by atoms with Crippen molar-refractivity contribution < 1.29 is 4.98 Å². The number of rotatable bonds is 4. The van der Waals surface area contributed by atoms with Gasteiger partial charge in [-0.05, 0) is 30.2 Å². The van der Waals surface area contributed by atoms with Crippen LogP contribution in [0.25, 0.3) is 32.7 Å². The highest BCUT2D eigenvalue weighted by atomic mass is 14.9. The molecule has 0 fully saturated rings. The van der Waals surface area contributed by atoms with E-state index in [1.54, 1.807) is 0 Å². The van der Waals surface area contributed by atoms with Crippen molar-refractivity contribution in [3.8, 4) is 0 Å². The van der Waals surface area contributed by atoms with E-state index in [1.165, 1.54) is 32.9 Å². The first-order valence-corrected chi connectivity index (χ1v) is 9.02. The molecule has 5 rings (SSSR count). The van der Waals surface area contributed by atoms with Crippen molar-refractivity contribution in [2.45, 2.75) is 6.42 Å². The van der Waals surface area contributed by atoms with Gasteiger partial charge >= 0.3 is 0 Å². The Morgan fingerprint density at radius 2 is 1.35 bits per heavy atom. The Hall–Kier alpha value is -3.33. The predicted molar refractivity (Wildman–Crippen MR) is 109 cm³/mol. The molecule has 2 heterocycles. The second-order valence-electron chi connectivity index (χ2n) is 6.63. The number of anilines is 1. The molecule has 0 aliphatic rings. The van der Waals surface area contributed by atoms with E-state index in [9.17, 15) is 0 Å². The zero-order valence-electron chi connectivity index (χ0n) is 14.4. The van der Waals surface area contributed by atoms with E-state index in [1.807, 2.05) is 0 Å². The molecule has 0 unspecified atom stereocenters. The summed E-state index contributed by atoms with van der Waals surface area (Å²) in [6, 6.07) is 25.4. The van der Waals surface area contributed by atoms with Gasteiger partial charge in [-0.25, -0.2) is 4.98 Å². The summed E-state index contributed by atoms with van der Waals surface area (Å²) < 4.78 is 0. The Morgan fingerprint density at radius 3 is 2.08 bits per heavy atom. The summed E-state index contributed by atoms with van der Waals surface area (Å²) in [6.45, 7) is 0.889. The number of aromatic amines is 2. The minimum Gasteiger partial charge on any atom is -0.383 e. The van der Waals surface area contributed by atoms with Gasteiger partial charge in [0.1, 0.15) is 0 Å². The van der Waals surface area contributed by atoms with Crippen molar-refractivity contribution in [1.82, 2.24) is 4.98 Å². The largest absolute Gasteiger partial charge is 0.383 e. The summed E-state index contributed by atoms with van der Waals surface area (Å²) in [6.07, 6.45) is 3.10. The van der Waals surface area contributed by atoms with Gasteiger partial charge in [0.15, 0.2) is 0 Å². The number of pyridine rings is 1. The second kappa shape index (κ2) is 6.19. The van der Waals surface area contributed by atoms with Crippen LogP contribution >= 0.6 is 0 Å². The Morgan fingerprint density at radius 1 is 0.731 bits per heavy atom. The maximum absolute atomic E-state index is 3.70. The molecule has 0 bridgehead atoms. The molecule has 126 valence electrons. The Bertz CT molecular complexity index is 1170. The summed E-state index contributed by atoms with van der Waals surface area (Å²) >= 11 is 0. The van der Waals surface area contributed by atoms with Gasteiger partial charge in [0.25, 0.3) is 0 Å². The second-order valence-corrected chi connectivity index (χ2v) is 6.63. The molecule has 3 N–H and O–H groups in total. The first-order chi connectivity index (χ1) is 12.9. The molecule has 26 heavy (non-hydrogen) atoms. The van der Waals surface area contributed by atoms with Crippen LogP contribution in [0.4, 0.5) is 5.69 Å². The van der Waals surface area contributed by atoms with E-state index in [-0.39, 0.29) is 0 Å². The van der Waals surface area contributed by atoms with E-state index in [2.05, 4.69) is 94.3 Å². The number of para-hydroxylation sites is 3. The van der Waals surface area contributed by atoms with E-state index in [0.717, 1.165) is 24.0 Å². The molecule has 5 aromatic rings. The highest BCUT2D eigenvalue weighted by Crippen LogP contribution is 2.28. The van der Waals surface area contributed by atoms with E-state index in [4.69, 9.17) is 0 Å². The lowest BCUT2D eigenvalue weighted by molar-refractivity contribution is -0.310. The summed E-state index contributed by atoms with van der Waals surface area (Å²) in [5, 5.41) is 7.46. The lowest BCUT2D eigenvalue weighted by Crippen LogP contribution is -2.11. The Kier molecular flexibility index (Phi) is 3.56. The fraction of sp³-hybridized carbons (Fsp3) is 0.0870. The van der Waals surface area contributed by atoms with Crippen LogP contribution in [0.2, 0.25) is 0 Å². The molecule has 3 aromatic carbocycles. The van der Waals surface area contributed by atoms with E-state index >= 15 is 0 Å². The number of fused-ring (bicyclic) bond motifs is 3. The molecule has 3 nitrogen and oxygen atoms in total. The third kappa shape index (κ3) is 2.49. The molecule has 3 heteroatoms. The van der Waals surface area contributed by atoms with Gasteiger partial charge in [-0.1, -0.05) is 42.5 Å². The van der Waals surface area contributed by atoms with Gasteiger partial charge in [0.05, 0.1) is 16.5 Å². The minimum atomic E-state index is 0.889. The smallest absolute Gasteiger partial charge is 0.213 e. The fourth-order valence-electron chi connectivity index (χ4n) is 3.76. The lowest BCUT2D eigenvalue weighted by atomic mass is 10.1. The molecular formula is C23H20N3+. The average Bonchev–Trinajstić information content (AvgIpc) is 3.11. The minimum absolute atomic E-state index is 0.889. The number of benzene rings is 3. The highest BCUT2D eigenvalue weighted by molar-refractivity contribution is 6.04. The Labute approximate surface area is 151 Å². The van der Waals surface area contributed by atoms with Crippen LogP contribution in [0.3, 0.4) is 0 Å². The fourth-order valence-corrected chi connectivity index (χ4v) is 3.76. The normalized spacial score (nSPS) is 11.4. The van der Waals surface area contributed by atoms with E-state index in [0.29, 0.717) is 0 Å². The molecule has 0 atom stereocenters. The topological polar surface area (TPSA) is 42.0 Å². The predicted octanol–water partition coefficient (Wildman–Crippen LogP) is 4.94. The number of nitrogens with one attached hydrogen (secondary N) is 3. The van der Waals surface area contributed by atoms with Crippen molar-refractivity contribution in [3.05, 3.63) is 84.6 Å². The molecular weight excluding hydrogens is 318 g/mol. The summed E-state index contributed by atoms with van der Waals surface area (Å²) in [4.78, 5) is 6.90. The number of hydrogen-bond acceptors (Lipinski definition) is 1. The summed E-state index contributed by atoms with van der Waals surface area (Å²) in [5.74, 6) is 0. The SMILES string of the molecule is c1ccc2c(CCNc3c4ccccc4[nH+]c4ccccc34)c[nH]c2c1. The van der Waals surface area contributed by atoms with Gasteiger partial charge in [0, 0.05) is 35.8 Å². The lowest BCUT2D eigenvalue weighted by Gasteiger charge is -2.10. The van der Waals surface area contributed by atoms with Crippen molar-refractivity contribution in [2.24, 2.45) is 0 Å². The maximum atomic E-state index is 3.70. The zero-order valence-corrected chi connectivity index (χ0v) is 14.4. The standard InChI is InChI=1S/C23H19N3/c1-4-10-20-17(7-1)16(15-25-20)13-14-24-23-18-8-2-5-11-21(18)26-22-12-6-3-9-19(22)23/h1-12,15,25H,13-14H2,(H,24,26)/p+1. The third-order valence-corrected chi connectivity index (χ3v) is 5.03. The first-order valence-electron chi connectivity index (χ1n) is 9.02. The van der Waals surface area contributed by atoms with Crippen LogP contribution < -0.4 is 10.3 Å². The van der Waals surface area contributed by atoms with Crippen LogP contribution in [0, 0.1) is 0 Å². The van der Waals surface area contributed by atoms with Crippen molar-refractivity contribution >= 4 is 38.4 Å². The third-order valence-electron chi connectivity index (χ3n) is 5.03. The maximum Gasteiger partial charge on any atom is 0.213 e. The van der Waals surface area contributed by atoms with Gasteiger partial charge in [-0.3, -0.25) is 0 Å². The number of hydrogen-bond donors (Lipinski definition) is 2. The number of aromatic nitrogens is 2. The van der Waals surface area contributed by atoms with E-state index < -0.39 is 0 Å². The van der Waals surface area contributed by atoms with Crippen molar-refractivity contribution in [1.29, 1.82) is 0 Å². The summed E-state index contributed by atoms with van der Waals surface area (Å²) in [7, 11) is 0. The molecule has 0 saturated heterocycles. The Balaban J connectivity index is 1.50. The quantitative estimate of drug-likeness (QED) is 0.448. The van der Waals surface area contributed by atoms with Crippen LogP contribution in [-0.2, 0) is 6.42 Å². The monoisotopic (exact) mass is 338 g/mol. The van der Waals surface area contributed by atoms with Gasteiger partial charge < -0.3 is 10.3 Å². The molecule has 0 amide bonds. The van der Waals surface area contributed by atoms with Gasteiger partial charge in [-0.15, -0.1) is 0 Å². The highest BCUT2D eigenvalue weighted by Gasteiger charge is 2.13. The molecule has 2 aromatic heterocycles. The summed E-state index contributed by atoms with van der Waals surface area (Å²) in [5.41, 5.74) is 6.06. The van der Waals surface area contributed by atoms with Crippen LogP contribution in [0.15, 0.2) is 79.0 Å². The molecule has 0 aliphatic heterocycles. The molecule has 0 aliphatic carbocycles. The molecule has 0 saturated carbocycles. The van der Waals surface area contributed by atoms with Crippen LogP contribution in [0.1, 0.15) is 5.56 Å².